The van der Waals surface area contributed by atoms with E-state index in [0.29, 0.717) is 23.7 Å². The van der Waals surface area contributed by atoms with E-state index in [0.717, 1.165) is 11.1 Å². The van der Waals surface area contributed by atoms with Crippen LogP contribution in [0.15, 0.2) is 48.5 Å². The molecule has 2 aromatic rings. The summed E-state index contributed by atoms with van der Waals surface area (Å²) < 4.78 is 5.60. The number of nitrogens with zero attached hydrogens (tertiary/aromatic N) is 1. The molecule has 30 heavy (non-hydrogen) atoms. The van der Waals surface area contributed by atoms with Crippen molar-refractivity contribution >= 4 is 29.4 Å². The van der Waals surface area contributed by atoms with Crippen molar-refractivity contribution in [3.63, 3.8) is 0 Å². The van der Waals surface area contributed by atoms with Crippen molar-refractivity contribution in [3.05, 3.63) is 64.7 Å². The maximum Gasteiger partial charge on any atom is 0.415 e. The van der Waals surface area contributed by atoms with E-state index in [1.54, 1.807) is 52.0 Å². The van der Waals surface area contributed by atoms with Crippen molar-refractivity contribution in [1.29, 1.82) is 0 Å². The Kier molecular flexibility index (Phi) is 6.11. The normalized spacial score (nSPS) is 18.1. The Labute approximate surface area is 181 Å². The van der Waals surface area contributed by atoms with Gasteiger partial charge >= 0.3 is 12.1 Å². The first-order valence-electron chi connectivity index (χ1n) is 9.84. The number of hydrogen-bond donors (Lipinski definition) is 2. The van der Waals surface area contributed by atoms with Gasteiger partial charge in [0.2, 0.25) is 0 Å². The van der Waals surface area contributed by atoms with Crippen molar-refractivity contribution in [2.75, 3.05) is 4.90 Å². The standard InChI is InChI=1S/C23H27ClN2O4/c1-22(2,3)30-21(29)26(18-11-9-17(24)10-12-18)23(4,20(27)28)19-13-15-7-5-6-8-16(15)14-25-19/h5-12,19,25H,13-14H2,1-4H3,(H,27,28)/t19-,23-/m1/s1. The van der Waals surface area contributed by atoms with E-state index >= 15 is 0 Å². The number of nitrogens with one attached hydrogen (secondary N) is 1. The highest BCUT2D eigenvalue weighted by Gasteiger charge is 2.51. The van der Waals surface area contributed by atoms with Crippen molar-refractivity contribution in [2.45, 2.75) is 57.8 Å². The number of rotatable bonds is 4. The molecule has 2 aromatic carbocycles. The Balaban J connectivity index is 2.08. The largest absolute Gasteiger partial charge is 0.479 e. The van der Waals surface area contributed by atoms with Crippen LogP contribution in [0.2, 0.25) is 5.02 Å². The summed E-state index contributed by atoms with van der Waals surface area (Å²) in [7, 11) is 0. The summed E-state index contributed by atoms with van der Waals surface area (Å²) in [5, 5.41) is 14.2. The maximum absolute atomic E-state index is 13.3. The lowest BCUT2D eigenvalue weighted by Crippen LogP contribution is -2.67. The lowest BCUT2D eigenvalue weighted by atomic mass is 9.82. The Morgan fingerprint density at radius 3 is 2.23 bits per heavy atom. The zero-order valence-corrected chi connectivity index (χ0v) is 18.4. The van der Waals surface area contributed by atoms with Crippen LogP contribution in [0, 0.1) is 0 Å². The number of ether oxygens (including phenoxy) is 1. The SMILES string of the molecule is CC(C)(C)OC(=O)N(c1ccc(Cl)cc1)[C@@](C)(C(=O)O)[C@H]1Cc2ccccc2CN1. The number of benzene rings is 2. The van der Waals surface area contributed by atoms with Gasteiger partial charge in [-0.2, -0.15) is 0 Å². The molecule has 0 saturated heterocycles. The van der Waals surface area contributed by atoms with Crippen molar-refractivity contribution in [1.82, 2.24) is 5.32 Å². The minimum Gasteiger partial charge on any atom is -0.479 e. The van der Waals surface area contributed by atoms with Gasteiger partial charge in [0.05, 0.1) is 0 Å². The van der Waals surface area contributed by atoms with E-state index in [9.17, 15) is 14.7 Å². The van der Waals surface area contributed by atoms with Gasteiger partial charge in [0.1, 0.15) is 5.60 Å². The third kappa shape index (κ3) is 4.45. The average Bonchev–Trinajstić information content (AvgIpc) is 2.67. The molecular formula is C23H27ClN2O4. The lowest BCUT2D eigenvalue weighted by Gasteiger charge is -2.45. The Bertz CT molecular complexity index is 939. The van der Waals surface area contributed by atoms with Crippen LogP contribution in [0.4, 0.5) is 10.5 Å². The number of aliphatic carboxylic acids is 1. The number of hydrogen-bond acceptors (Lipinski definition) is 4. The van der Waals surface area contributed by atoms with Gasteiger partial charge in [-0.3, -0.25) is 4.90 Å². The summed E-state index contributed by atoms with van der Waals surface area (Å²) >= 11 is 6.02. The number of amides is 1. The Morgan fingerprint density at radius 2 is 1.67 bits per heavy atom. The highest BCUT2D eigenvalue weighted by atomic mass is 35.5. The van der Waals surface area contributed by atoms with Crippen molar-refractivity contribution in [3.8, 4) is 0 Å². The maximum atomic E-state index is 13.3. The molecule has 1 heterocycles. The second kappa shape index (κ2) is 8.28. The molecule has 7 heteroatoms. The molecule has 0 unspecified atom stereocenters. The molecule has 2 N–H and O–H groups in total. The van der Waals surface area contributed by atoms with Crippen molar-refractivity contribution < 1.29 is 19.4 Å². The topological polar surface area (TPSA) is 78.9 Å². The summed E-state index contributed by atoms with van der Waals surface area (Å²) in [6.45, 7) is 7.32. The molecule has 0 aromatic heterocycles. The minimum atomic E-state index is -1.61. The molecule has 2 atom stereocenters. The molecule has 0 fully saturated rings. The molecule has 0 spiro atoms. The average molecular weight is 431 g/mol. The molecule has 6 nitrogen and oxygen atoms in total. The van der Waals surface area contributed by atoms with Gasteiger partial charge in [-0.05, 0) is 69.5 Å². The monoisotopic (exact) mass is 430 g/mol. The number of halogens is 1. The zero-order valence-electron chi connectivity index (χ0n) is 17.6. The van der Waals surface area contributed by atoms with Gasteiger partial charge in [0.15, 0.2) is 5.54 Å². The number of fused-ring (bicyclic) bond motifs is 1. The second-order valence-electron chi connectivity index (χ2n) is 8.65. The van der Waals surface area contributed by atoms with Crippen LogP contribution in [0.1, 0.15) is 38.8 Å². The third-order valence-electron chi connectivity index (χ3n) is 5.32. The predicted octanol–water partition coefficient (Wildman–Crippen LogP) is 4.64. The molecule has 0 bridgehead atoms. The molecule has 1 amide bonds. The molecular weight excluding hydrogens is 404 g/mol. The summed E-state index contributed by atoms with van der Waals surface area (Å²) in [6.07, 6.45) is -0.262. The van der Waals surface area contributed by atoms with Gasteiger partial charge in [-0.25, -0.2) is 9.59 Å². The first kappa shape index (κ1) is 22.1. The van der Waals surface area contributed by atoms with Crippen LogP contribution in [0.3, 0.4) is 0 Å². The number of carboxylic acid groups (broad SMARTS) is 1. The van der Waals surface area contributed by atoms with E-state index < -0.39 is 29.2 Å². The number of carboxylic acids is 1. The molecule has 1 aliphatic rings. The van der Waals surface area contributed by atoms with E-state index in [2.05, 4.69) is 5.32 Å². The van der Waals surface area contributed by atoms with E-state index in [1.807, 2.05) is 24.3 Å². The first-order chi connectivity index (χ1) is 14.0. The van der Waals surface area contributed by atoms with Crippen LogP contribution in [-0.2, 0) is 22.5 Å². The van der Waals surface area contributed by atoms with Crippen LogP contribution < -0.4 is 10.2 Å². The summed E-state index contributed by atoms with van der Waals surface area (Å²) in [6, 6.07) is 13.9. The lowest BCUT2D eigenvalue weighted by molar-refractivity contribution is -0.144. The third-order valence-corrected chi connectivity index (χ3v) is 5.57. The molecule has 3 rings (SSSR count). The van der Waals surface area contributed by atoms with E-state index in [1.165, 1.54) is 4.90 Å². The quantitative estimate of drug-likeness (QED) is 0.738. The molecule has 0 saturated carbocycles. The van der Waals surface area contributed by atoms with Gasteiger partial charge < -0.3 is 15.2 Å². The van der Waals surface area contributed by atoms with E-state index in [4.69, 9.17) is 16.3 Å². The van der Waals surface area contributed by atoms with Crippen LogP contribution in [0.25, 0.3) is 0 Å². The summed E-state index contributed by atoms with van der Waals surface area (Å²) in [5.74, 6) is -1.12. The second-order valence-corrected chi connectivity index (χ2v) is 9.09. The molecule has 0 radical (unpaired) electrons. The van der Waals surface area contributed by atoms with E-state index in [-0.39, 0.29) is 0 Å². The van der Waals surface area contributed by atoms with Crippen LogP contribution >= 0.6 is 11.6 Å². The smallest absolute Gasteiger partial charge is 0.415 e. The van der Waals surface area contributed by atoms with Gasteiger partial charge in [-0.1, -0.05) is 35.9 Å². The fraction of sp³-hybridized carbons (Fsp3) is 0.391. The number of anilines is 1. The summed E-state index contributed by atoms with van der Waals surface area (Å²) in [5.41, 5.74) is 0.197. The Hall–Kier alpha value is -2.57. The van der Waals surface area contributed by atoms with Gasteiger partial charge in [-0.15, -0.1) is 0 Å². The first-order valence-corrected chi connectivity index (χ1v) is 10.2. The summed E-state index contributed by atoms with van der Waals surface area (Å²) in [4.78, 5) is 27.2. The highest BCUT2D eigenvalue weighted by Crippen LogP contribution is 2.34. The predicted molar refractivity (Wildman–Crippen MR) is 117 cm³/mol. The van der Waals surface area contributed by atoms with Crippen molar-refractivity contribution in [2.24, 2.45) is 0 Å². The highest BCUT2D eigenvalue weighted by molar-refractivity contribution is 6.30. The molecule has 160 valence electrons. The van der Waals surface area contributed by atoms with Gasteiger partial charge in [0, 0.05) is 23.3 Å². The van der Waals surface area contributed by atoms with Crippen LogP contribution in [0.5, 0.6) is 0 Å². The minimum absolute atomic E-state index is 0.402. The molecule has 0 aliphatic carbocycles. The zero-order chi connectivity index (χ0) is 22.1. The van der Waals surface area contributed by atoms with Crippen LogP contribution in [-0.4, -0.2) is 34.4 Å². The number of carbonyl (C=O) groups is 2. The fourth-order valence-electron chi connectivity index (χ4n) is 3.71. The fourth-order valence-corrected chi connectivity index (χ4v) is 3.84. The Morgan fingerprint density at radius 1 is 1.07 bits per heavy atom. The molecule has 1 aliphatic heterocycles. The van der Waals surface area contributed by atoms with Gasteiger partial charge in [0.25, 0.3) is 0 Å². The number of carbonyl (C=O) groups excluding carboxylic acids is 1.